The minimum atomic E-state index is -0.687. The Hall–Kier alpha value is -0.450. The second kappa shape index (κ2) is 4.69. The molecule has 1 heterocycles. The average molecular weight is 200 g/mol. The zero-order chi connectivity index (χ0) is 9.73. The van der Waals surface area contributed by atoms with Crippen molar-refractivity contribution >= 4 is 11.3 Å². The van der Waals surface area contributed by atoms with Gasteiger partial charge in [-0.2, -0.15) is 0 Å². The monoisotopic (exact) mass is 200 g/mol. The number of likely N-dealkylation sites (N-methyl/N-ethyl adjacent to an activating group) is 1. The Bertz CT molecular complexity index is 234. The summed E-state index contributed by atoms with van der Waals surface area (Å²) in [7, 11) is 0. The van der Waals surface area contributed by atoms with E-state index in [-0.39, 0.29) is 0 Å². The molecule has 0 amide bonds. The van der Waals surface area contributed by atoms with Crippen LogP contribution in [0.1, 0.15) is 18.9 Å². The molecule has 0 bridgehead atoms. The van der Waals surface area contributed by atoms with Crippen LogP contribution >= 0.6 is 11.3 Å². The SMILES string of the molecule is CCNCC(C)(O)Cc1nccs1. The highest BCUT2D eigenvalue weighted by atomic mass is 32.1. The molecule has 1 rings (SSSR count). The van der Waals surface area contributed by atoms with E-state index in [1.165, 1.54) is 0 Å². The summed E-state index contributed by atoms with van der Waals surface area (Å²) in [6.07, 6.45) is 2.39. The van der Waals surface area contributed by atoms with Gasteiger partial charge in [-0.1, -0.05) is 6.92 Å². The molecule has 2 N–H and O–H groups in total. The number of rotatable bonds is 5. The number of hydrogen-bond acceptors (Lipinski definition) is 4. The van der Waals surface area contributed by atoms with Gasteiger partial charge in [0.2, 0.25) is 0 Å². The Morgan fingerprint density at radius 1 is 1.69 bits per heavy atom. The van der Waals surface area contributed by atoms with Gasteiger partial charge in [-0.25, -0.2) is 4.98 Å². The number of aliphatic hydroxyl groups is 1. The summed E-state index contributed by atoms with van der Waals surface area (Å²) in [4.78, 5) is 4.14. The van der Waals surface area contributed by atoms with Crippen LogP contribution in [-0.4, -0.2) is 28.8 Å². The fraction of sp³-hybridized carbons (Fsp3) is 0.667. The van der Waals surface area contributed by atoms with Gasteiger partial charge in [-0.05, 0) is 13.5 Å². The number of nitrogens with one attached hydrogen (secondary N) is 1. The van der Waals surface area contributed by atoms with Gasteiger partial charge in [0.05, 0.1) is 10.6 Å². The molecule has 1 aromatic rings. The van der Waals surface area contributed by atoms with Crippen LogP contribution in [-0.2, 0) is 6.42 Å². The molecular formula is C9H16N2OS. The van der Waals surface area contributed by atoms with Crippen LogP contribution in [0, 0.1) is 0 Å². The van der Waals surface area contributed by atoms with Crippen molar-refractivity contribution in [3.05, 3.63) is 16.6 Å². The standard InChI is InChI=1S/C9H16N2OS/c1-3-10-7-9(2,12)6-8-11-4-5-13-8/h4-5,10,12H,3,6-7H2,1-2H3. The number of nitrogens with zero attached hydrogens (tertiary/aromatic N) is 1. The van der Waals surface area contributed by atoms with Crippen molar-refractivity contribution in [2.45, 2.75) is 25.9 Å². The van der Waals surface area contributed by atoms with E-state index in [4.69, 9.17) is 0 Å². The van der Waals surface area contributed by atoms with E-state index in [9.17, 15) is 5.11 Å². The molecule has 0 aromatic carbocycles. The van der Waals surface area contributed by atoms with E-state index in [0.717, 1.165) is 11.6 Å². The summed E-state index contributed by atoms with van der Waals surface area (Å²) in [5, 5.41) is 16.0. The molecule has 3 nitrogen and oxygen atoms in total. The molecule has 74 valence electrons. The van der Waals surface area contributed by atoms with Crippen LogP contribution in [0.2, 0.25) is 0 Å². The predicted molar refractivity (Wildman–Crippen MR) is 55.0 cm³/mol. The topological polar surface area (TPSA) is 45.1 Å². The highest BCUT2D eigenvalue weighted by Gasteiger charge is 2.21. The molecule has 13 heavy (non-hydrogen) atoms. The summed E-state index contributed by atoms with van der Waals surface area (Å²) in [5.41, 5.74) is -0.687. The van der Waals surface area contributed by atoms with Crippen LogP contribution < -0.4 is 5.32 Å². The van der Waals surface area contributed by atoms with E-state index < -0.39 is 5.60 Å². The van der Waals surface area contributed by atoms with Crippen LogP contribution in [0.4, 0.5) is 0 Å². The molecule has 0 aliphatic carbocycles. The zero-order valence-electron chi connectivity index (χ0n) is 8.08. The second-order valence-electron chi connectivity index (χ2n) is 3.38. The molecule has 4 heteroatoms. The van der Waals surface area contributed by atoms with Crippen molar-refractivity contribution in [2.75, 3.05) is 13.1 Å². The third-order valence-electron chi connectivity index (χ3n) is 1.77. The van der Waals surface area contributed by atoms with Crippen molar-refractivity contribution in [2.24, 2.45) is 0 Å². The van der Waals surface area contributed by atoms with E-state index in [0.29, 0.717) is 13.0 Å². The van der Waals surface area contributed by atoms with Gasteiger partial charge in [0.15, 0.2) is 0 Å². The highest BCUT2D eigenvalue weighted by Crippen LogP contribution is 2.14. The number of thiazole rings is 1. The van der Waals surface area contributed by atoms with Crippen molar-refractivity contribution < 1.29 is 5.11 Å². The van der Waals surface area contributed by atoms with Gasteiger partial charge >= 0.3 is 0 Å². The lowest BCUT2D eigenvalue weighted by atomic mass is 10.0. The smallest absolute Gasteiger partial charge is 0.0953 e. The largest absolute Gasteiger partial charge is 0.388 e. The summed E-state index contributed by atoms with van der Waals surface area (Å²) in [6, 6.07) is 0. The molecule has 0 aliphatic rings. The summed E-state index contributed by atoms with van der Waals surface area (Å²) in [5.74, 6) is 0. The fourth-order valence-electron chi connectivity index (χ4n) is 1.12. The molecule has 1 aromatic heterocycles. The van der Waals surface area contributed by atoms with Crippen LogP contribution in [0.3, 0.4) is 0 Å². The Kier molecular flexibility index (Phi) is 3.84. The van der Waals surface area contributed by atoms with E-state index in [1.54, 1.807) is 17.5 Å². The van der Waals surface area contributed by atoms with Gasteiger partial charge in [0.1, 0.15) is 0 Å². The normalized spacial score (nSPS) is 15.6. The maximum atomic E-state index is 9.92. The zero-order valence-corrected chi connectivity index (χ0v) is 8.90. The fourth-order valence-corrected chi connectivity index (χ4v) is 1.92. The van der Waals surface area contributed by atoms with Crippen molar-refractivity contribution in [1.29, 1.82) is 0 Å². The molecule has 0 aliphatic heterocycles. The van der Waals surface area contributed by atoms with E-state index >= 15 is 0 Å². The molecule has 0 fully saturated rings. The van der Waals surface area contributed by atoms with Crippen LogP contribution in [0.5, 0.6) is 0 Å². The Balaban J connectivity index is 2.42. The van der Waals surface area contributed by atoms with Gasteiger partial charge in [-0.15, -0.1) is 11.3 Å². The third kappa shape index (κ3) is 3.85. The van der Waals surface area contributed by atoms with Gasteiger partial charge in [0.25, 0.3) is 0 Å². The van der Waals surface area contributed by atoms with Crippen LogP contribution in [0.15, 0.2) is 11.6 Å². The second-order valence-corrected chi connectivity index (χ2v) is 4.36. The average Bonchev–Trinajstić information content (AvgIpc) is 2.52. The molecule has 1 atom stereocenters. The van der Waals surface area contributed by atoms with Crippen LogP contribution in [0.25, 0.3) is 0 Å². The lowest BCUT2D eigenvalue weighted by Crippen LogP contribution is -2.39. The molecule has 0 radical (unpaired) electrons. The summed E-state index contributed by atoms with van der Waals surface area (Å²) in [6.45, 7) is 5.35. The lowest BCUT2D eigenvalue weighted by Gasteiger charge is -2.22. The summed E-state index contributed by atoms with van der Waals surface area (Å²) >= 11 is 1.58. The van der Waals surface area contributed by atoms with Gasteiger partial charge < -0.3 is 10.4 Å². The van der Waals surface area contributed by atoms with Crippen molar-refractivity contribution in [1.82, 2.24) is 10.3 Å². The first-order valence-corrected chi connectivity index (χ1v) is 5.33. The minimum Gasteiger partial charge on any atom is -0.388 e. The molecule has 1 unspecified atom stereocenters. The van der Waals surface area contributed by atoms with Gasteiger partial charge in [-0.3, -0.25) is 0 Å². The summed E-state index contributed by atoms with van der Waals surface area (Å²) < 4.78 is 0. The predicted octanol–water partition coefficient (Wildman–Crippen LogP) is 1.05. The minimum absolute atomic E-state index is 0.614. The molecule has 0 spiro atoms. The third-order valence-corrected chi connectivity index (χ3v) is 2.55. The van der Waals surface area contributed by atoms with Crippen molar-refractivity contribution in [3.8, 4) is 0 Å². The quantitative estimate of drug-likeness (QED) is 0.746. The lowest BCUT2D eigenvalue weighted by molar-refractivity contribution is 0.0607. The Labute approximate surface area is 82.8 Å². The molecule has 0 saturated carbocycles. The van der Waals surface area contributed by atoms with Crippen molar-refractivity contribution in [3.63, 3.8) is 0 Å². The van der Waals surface area contributed by atoms with E-state index in [1.807, 2.05) is 19.2 Å². The van der Waals surface area contributed by atoms with E-state index in [2.05, 4.69) is 10.3 Å². The molecule has 0 saturated heterocycles. The molecular weight excluding hydrogens is 184 g/mol. The first-order valence-electron chi connectivity index (χ1n) is 4.45. The van der Waals surface area contributed by atoms with Gasteiger partial charge in [0, 0.05) is 24.5 Å². The first-order chi connectivity index (χ1) is 6.14. The number of aromatic nitrogens is 1. The first kappa shape index (κ1) is 10.6. The maximum Gasteiger partial charge on any atom is 0.0953 e. The maximum absolute atomic E-state index is 9.92. The Morgan fingerprint density at radius 3 is 3.00 bits per heavy atom. The Morgan fingerprint density at radius 2 is 2.46 bits per heavy atom. The number of hydrogen-bond donors (Lipinski definition) is 2. The highest BCUT2D eigenvalue weighted by molar-refractivity contribution is 7.09.